The van der Waals surface area contributed by atoms with Crippen LogP contribution in [0, 0.1) is 0 Å². The Labute approximate surface area is 195 Å². The summed E-state index contributed by atoms with van der Waals surface area (Å²) in [5.74, 6) is 0.775. The summed E-state index contributed by atoms with van der Waals surface area (Å²) < 4.78 is 8.02. The van der Waals surface area contributed by atoms with E-state index in [0.717, 1.165) is 54.1 Å². The fourth-order valence-corrected chi connectivity index (χ4v) is 5.01. The number of piperazine rings is 1. The first-order chi connectivity index (χ1) is 15.6. The number of halogens is 1. The average molecular weight is 467 g/mol. The van der Waals surface area contributed by atoms with Crippen LogP contribution in [0.15, 0.2) is 65.5 Å². The molecule has 0 radical (unpaired) electrons. The maximum absolute atomic E-state index is 12.8. The molecule has 0 N–H and O–H groups in total. The van der Waals surface area contributed by atoms with Crippen molar-refractivity contribution in [1.29, 1.82) is 0 Å². The van der Waals surface area contributed by atoms with Crippen LogP contribution in [0.3, 0.4) is 0 Å². The van der Waals surface area contributed by atoms with E-state index in [1.165, 1.54) is 11.5 Å². The van der Waals surface area contributed by atoms with Crippen LogP contribution in [0.25, 0.3) is 17.1 Å². The zero-order valence-electron chi connectivity index (χ0n) is 17.7. The van der Waals surface area contributed by atoms with Gasteiger partial charge in [0.05, 0.1) is 11.4 Å². The van der Waals surface area contributed by atoms with Gasteiger partial charge in [0.15, 0.2) is 5.82 Å². The van der Waals surface area contributed by atoms with E-state index in [1.54, 1.807) is 4.68 Å². The number of para-hydroxylation sites is 1. The average Bonchev–Trinajstić information content (AvgIpc) is 3.41. The van der Waals surface area contributed by atoms with Gasteiger partial charge in [-0.25, -0.2) is 4.68 Å². The number of hydrogen-bond donors (Lipinski definition) is 0. The highest BCUT2D eigenvalue weighted by Gasteiger charge is 2.24. The number of anilines is 1. The Morgan fingerprint density at radius 2 is 1.62 bits per heavy atom. The first kappa shape index (κ1) is 20.9. The zero-order valence-corrected chi connectivity index (χ0v) is 19.3. The summed E-state index contributed by atoms with van der Waals surface area (Å²) in [5.41, 5.74) is 2.49. The molecular formula is C23H23ClN6OS. The van der Waals surface area contributed by atoms with E-state index in [-0.39, 0.29) is 10.6 Å². The zero-order chi connectivity index (χ0) is 22.1. The van der Waals surface area contributed by atoms with E-state index in [1.807, 2.05) is 72.4 Å². The highest BCUT2D eigenvalue weighted by Crippen LogP contribution is 2.25. The second-order valence-corrected chi connectivity index (χ2v) is 8.87. The molecule has 1 aliphatic rings. The smallest absolute Gasteiger partial charge is 0.290 e. The van der Waals surface area contributed by atoms with E-state index in [9.17, 15) is 4.79 Å². The second kappa shape index (κ2) is 8.90. The SMILES string of the molecule is Cn1c(CN2CCN(c3nc(-c4ccccc4)ns3)CC2)c(Cl)c(=O)n1-c1ccccc1. The van der Waals surface area contributed by atoms with Gasteiger partial charge in [0.25, 0.3) is 5.56 Å². The van der Waals surface area contributed by atoms with Crippen molar-refractivity contribution in [3.63, 3.8) is 0 Å². The molecule has 32 heavy (non-hydrogen) atoms. The number of hydrogen-bond acceptors (Lipinski definition) is 6. The largest absolute Gasteiger partial charge is 0.344 e. The van der Waals surface area contributed by atoms with Crippen molar-refractivity contribution in [1.82, 2.24) is 23.6 Å². The molecule has 3 heterocycles. The predicted octanol–water partition coefficient (Wildman–Crippen LogP) is 3.67. The second-order valence-electron chi connectivity index (χ2n) is 7.77. The minimum Gasteiger partial charge on any atom is -0.344 e. The van der Waals surface area contributed by atoms with Crippen LogP contribution < -0.4 is 10.5 Å². The lowest BCUT2D eigenvalue weighted by Crippen LogP contribution is -2.46. The predicted molar refractivity (Wildman–Crippen MR) is 129 cm³/mol. The fraction of sp³-hybridized carbons (Fsp3) is 0.261. The third-order valence-electron chi connectivity index (χ3n) is 5.79. The topological polar surface area (TPSA) is 59.2 Å². The van der Waals surface area contributed by atoms with Gasteiger partial charge in [-0.2, -0.15) is 9.36 Å². The maximum atomic E-state index is 12.8. The molecule has 0 spiro atoms. The Morgan fingerprint density at radius 1 is 0.969 bits per heavy atom. The molecule has 9 heteroatoms. The van der Waals surface area contributed by atoms with E-state index in [2.05, 4.69) is 14.2 Å². The molecule has 7 nitrogen and oxygen atoms in total. The van der Waals surface area contributed by atoms with Crippen molar-refractivity contribution < 1.29 is 0 Å². The third-order valence-corrected chi connectivity index (χ3v) is 6.95. The first-order valence-electron chi connectivity index (χ1n) is 10.5. The van der Waals surface area contributed by atoms with Gasteiger partial charge in [0, 0.05) is 56.9 Å². The molecule has 2 aromatic carbocycles. The van der Waals surface area contributed by atoms with Gasteiger partial charge in [-0.3, -0.25) is 14.4 Å². The molecule has 0 amide bonds. The molecule has 1 saturated heterocycles. The first-order valence-corrected chi connectivity index (χ1v) is 11.6. The Balaban J connectivity index is 1.27. The Kier molecular flexibility index (Phi) is 5.82. The molecule has 0 unspecified atom stereocenters. The maximum Gasteiger partial charge on any atom is 0.290 e. The number of benzene rings is 2. The Bertz CT molecular complexity index is 1260. The molecule has 0 atom stereocenters. The van der Waals surface area contributed by atoms with Crippen LogP contribution in [-0.2, 0) is 13.6 Å². The normalized spacial score (nSPS) is 14.8. The quantitative estimate of drug-likeness (QED) is 0.449. The number of rotatable bonds is 5. The van der Waals surface area contributed by atoms with Crippen LogP contribution in [0.1, 0.15) is 5.69 Å². The summed E-state index contributed by atoms with van der Waals surface area (Å²) in [5, 5.41) is 1.24. The van der Waals surface area contributed by atoms with Crippen molar-refractivity contribution in [3.05, 3.63) is 81.7 Å². The van der Waals surface area contributed by atoms with Gasteiger partial charge in [-0.15, -0.1) is 0 Å². The van der Waals surface area contributed by atoms with Crippen LogP contribution in [0.5, 0.6) is 0 Å². The van der Waals surface area contributed by atoms with E-state index in [4.69, 9.17) is 16.6 Å². The fourth-order valence-electron chi connectivity index (χ4n) is 4.00. The highest BCUT2D eigenvalue weighted by atomic mass is 35.5. The highest BCUT2D eigenvalue weighted by molar-refractivity contribution is 7.09. The number of aromatic nitrogens is 4. The van der Waals surface area contributed by atoms with Gasteiger partial charge in [0.1, 0.15) is 5.02 Å². The Morgan fingerprint density at radius 3 is 2.31 bits per heavy atom. The summed E-state index contributed by atoms with van der Waals surface area (Å²) in [4.78, 5) is 22.1. The van der Waals surface area contributed by atoms with Gasteiger partial charge >= 0.3 is 0 Å². The Hall–Kier alpha value is -2.94. The van der Waals surface area contributed by atoms with E-state index in [0.29, 0.717) is 6.54 Å². The summed E-state index contributed by atoms with van der Waals surface area (Å²) in [7, 11) is 1.89. The third kappa shape index (κ3) is 3.97. The summed E-state index contributed by atoms with van der Waals surface area (Å²) in [6.45, 7) is 4.06. The van der Waals surface area contributed by atoms with Crippen LogP contribution >= 0.6 is 23.1 Å². The van der Waals surface area contributed by atoms with Crippen LogP contribution in [0.4, 0.5) is 5.13 Å². The van der Waals surface area contributed by atoms with Gasteiger partial charge in [-0.05, 0) is 12.1 Å². The van der Waals surface area contributed by atoms with Crippen molar-refractivity contribution in [2.75, 3.05) is 31.1 Å². The molecule has 164 valence electrons. The molecule has 2 aromatic heterocycles. The van der Waals surface area contributed by atoms with E-state index < -0.39 is 0 Å². The van der Waals surface area contributed by atoms with Gasteiger partial charge in [0.2, 0.25) is 5.13 Å². The molecule has 0 bridgehead atoms. The van der Waals surface area contributed by atoms with Crippen molar-refractivity contribution in [2.45, 2.75) is 6.54 Å². The molecule has 1 aliphatic heterocycles. The monoisotopic (exact) mass is 466 g/mol. The van der Waals surface area contributed by atoms with Crippen LogP contribution in [-0.4, -0.2) is 49.8 Å². The molecule has 0 saturated carbocycles. The summed E-state index contributed by atoms with van der Waals surface area (Å²) in [6, 6.07) is 19.6. The van der Waals surface area contributed by atoms with Gasteiger partial charge in [-0.1, -0.05) is 60.1 Å². The standard InChI is InChI=1S/C23H23ClN6OS/c1-27-19(20(24)22(31)30(27)18-10-6-3-7-11-18)16-28-12-14-29(15-13-28)23-25-21(26-32-23)17-8-4-2-5-9-17/h2-11H,12-16H2,1H3. The lowest BCUT2D eigenvalue weighted by atomic mass is 10.2. The van der Waals surface area contributed by atoms with Crippen molar-refractivity contribution >= 4 is 28.3 Å². The molecule has 5 rings (SSSR count). The van der Waals surface area contributed by atoms with Crippen molar-refractivity contribution in [2.24, 2.45) is 7.05 Å². The molecule has 4 aromatic rings. The van der Waals surface area contributed by atoms with Crippen molar-refractivity contribution in [3.8, 4) is 17.1 Å². The molecule has 1 fully saturated rings. The summed E-state index contributed by atoms with van der Waals surface area (Å²) >= 11 is 7.91. The minimum atomic E-state index is -0.184. The summed E-state index contributed by atoms with van der Waals surface area (Å²) in [6.07, 6.45) is 0. The van der Waals surface area contributed by atoms with E-state index >= 15 is 0 Å². The lowest BCUT2D eigenvalue weighted by Gasteiger charge is -2.34. The number of nitrogens with zero attached hydrogens (tertiary/aromatic N) is 6. The molecular weight excluding hydrogens is 444 g/mol. The molecule has 0 aliphatic carbocycles. The minimum absolute atomic E-state index is 0.184. The lowest BCUT2D eigenvalue weighted by molar-refractivity contribution is 0.243. The van der Waals surface area contributed by atoms with Gasteiger partial charge < -0.3 is 4.90 Å². The van der Waals surface area contributed by atoms with Crippen LogP contribution in [0.2, 0.25) is 5.02 Å².